The van der Waals surface area contributed by atoms with Gasteiger partial charge in [-0.05, 0) is 51.0 Å². The van der Waals surface area contributed by atoms with Crippen LogP contribution >= 0.6 is 0 Å². The highest BCUT2D eigenvalue weighted by atomic mass is 16.2. The molecular weight excluding hydrogens is 362 g/mol. The van der Waals surface area contributed by atoms with Crippen LogP contribution in [-0.2, 0) is 9.59 Å². The topological polar surface area (TPSA) is 52.7 Å². The Bertz CT molecular complexity index is 670. The van der Waals surface area contributed by atoms with Crippen molar-refractivity contribution in [1.29, 1.82) is 0 Å². The summed E-state index contributed by atoms with van der Waals surface area (Å²) in [6.45, 7) is 8.64. The van der Waals surface area contributed by atoms with E-state index in [2.05, 4.69) is 41.1 Å². The second-order valence-corrected chi connectivity index (χ2v) is 9.14. The van der Waals surface area contributed by atoms with Gasteiger partial charge in [0, 0.05) is 44.3 Å². The van der Waals surface area contributed by atoms with Crippen molar-refractivity contribution >= 4 is 11.8 Å². The molecular formula is C24H39N3O2. The van der Waals surface area contributed by atoms with Gasteiger partial charge in [0.25, 0.3) is 0 Å². The second kappa shape index (κ2) is 9.46. The molecule has 1 unspecified atom stereocenters. The SMILES string of the molecule is CCCC(CCC)N1CCC(N2C(=O)C(C)(CC(=O)NC)C3=CCCC=C32)CC1. The molecule has 0 aromatic rings. The summed E-state index contributed by atoms with van der Waals surface area (Å²) < 4.78 is 0. The van der Waals surface area contributed by atoms with Gasteiger partial charge in [-0.3, -0.25) is 9.59 Å². The number of piperidine rings is 1. The molecule has 0 aromatic carbocycles. The van der Waals surface area contributed by atoms with E-state index >= 15 is 0 Å². The molecule has 1 N–H and O–H groups in total. The third-order valence-corrected chi connectivity index (χ3v) is 7.09. The fraction of sp³-hybridized carbons (Fsp3) is 0.750. The summed E-state index contributed by atoms with van der Waals surface area (Å²) >= 11 is 0. The monoisotopic (exact) mass is 401 g/mol. The first kappa shape index (κ1) is 22.1. The summed E-state index contributed by atoms with van der Waals surface area (Å²) in [4.78, 5) is 30.5. The van der Waals surface area contributed by atoms with Gasteiger partial charge in [-0.2, -0.15) is 0 Å². The summed E-state index contributed by atoms with van der Waals surface area (Å²) in [6, 6.07) is 0.935. The van der Waals surface area contributed by atoms with Crippen molar-refractivity contribution in [3.63, 3.8) is 0 Å². The molecule has 2 aliphatic heterocycles. The minimum absolute atomic E-state index is 0.0645. The average molecular weight is 402 g/mol. The number of rotatable bonds is 8. The van der Waals surface area contributed by atoms with E-state index in [9.17, 15) is 9.59 Å². The highest BCUT2D eigenvalue weighted by molar-refractivity contribution is 5.97. The minimum atomic E-state index is -0.726. The van der Waals surface area contributed by atoms with E-state index < -0.39 is 5.41 Å². The van der Waals surface area contributed by atoms with Crippen molar-refractivity contribution in [2.75, 3.05) is 20.1 Å². The van der Waals surface area contributed by atoms with Crippen molar-refractivity contribution < 1.29 is 9.59 Å². The lowest BCUT2D eigenvalue weighted by molar-refractivity contribution is -0.139. The van der Waals surface area contributed by atoms with Crippen LogP contribution in [0, 0.1) is 5.41 Å². The summed E-state index contributed by atoms with van der Waals surface area (Å²) in [5.74, 6) is 0.0583. The number of hydrogen-bond donors (Lipinski definition) is 1. The van der Waals surface area contributed by atoms with Crippen molar-refractivity contribution in [1.82, 2.24) is 15.1 Å². The number of nitrogens with zero attached hydrogens (tertiary/aromatic N) is 2. The van der Waals surface area contributed by atoms with Gasteiger partial charge in [-0.1, -0.05) is 38.8 Å². The highest BCUT2D eigenvalue weighted by Crippen LogP contribution is 2.49. The molecule has 5 nitrogen and oxygen atoms in total. The van der Waals surface area contributed by atoms with E-state index in [4.69, 9.17) is 0 Å². The van der Waals surface area contributed by atoms with E-state index in [0.29, 0.717) is 6.04 Å². The average Bonchev–Trinajstić information content (AvgIpc) is 2.95. The maximum atomic E-state index is 13.6. The Balaban J connectivity index is 1.76. The van der Waals surface area contributed by atoms with Gasteiger partial charge in [0.2, 0.25) is 11.8 Å². The van der Waals surface area contributed by atoms with Gasteiger partial charge in [-0.15, -0.1) is 0 Å². The Kier molecular flexibility index (Phi) is 7.20. The Labute approximate surface area is 176 Å². The molecule has 0 radical (unpaired) electrons. The molecule has 2 heterocycles. The summed E-state index contributed by atoms with van der Waals surface area (Å²) in [7, 11) is 1.65. The van der Waals surface area contributed by atoms with Crippen molar-refractivity contribution in [2.45, 2.75) is 90.6 Å². The lowest BCUT2D eigenvalue weighted by Crippen LogP contribution is -2.49. The lowest BCUT2D eigenvalue weighted by atomic mass is 9.78. The van der Waals surface area contributed by atoms with E-state index in [0.717, 1.165) is 50.0 Å². The number of carbonyl (C=O) groups excluding carboxylic acids is 2. The van der Waals surface area contributed by atoms with Crippen LogP contribution in [-0.4, -0.2) is 53.8 Å². The largest absolute Gasteiger partial charge is 0.359 e. The predicted molar refractivity (Wildman–Crippen MR) is 117 cm³/mol. The molecule has 2 amide bonds. The smallest absolute Gasteiger partial charge is 0.238 e. The zero-order valence-electron chi connectivity index (χ0n) is 18.8. The fourth-order valence-electron chi connectivity index (χ4n) is 5.52. The van der Waals surface area contributed by atoms with Crippen LogP contribution in [0.1, 0.15) is 78.6 Å². The molecule has 2 fully saturated rings. The fourth-order valence-corrected chi connectivity index (χ4v) is 5.52. The first-order valence-electron chi connectivity index (χ1n) is 11.7. The molecule has 3 aliphatic rings. The van der Waals surface area contributed by atoms with Gasteiger partial charge in [-0.25, -0.2) is 0 Å². The number of hydrogen-bond acceptors (Lipinski definition) is 3. The number of fused-ring (bicyclic) bond motifs is 1. The molecule has 3 rings (SSSR count). The van der Waals surface area contributed by atoms with Crippen LogP contribution in [0.2, 0.25) is 0 Å². The molecule has 0 bridgehead atoms. The molecule has 0 aromatic heterocycles. The number of nitrogens with one attached hydrogen (secondary N) is 1. The van der Waals surface area contributed by atoms with E-state index in [1.165, 1.54) is 25.7 Å². The van der Waals surface area contributed by atoms with Crippen LogP contribution in [0.15, 0.2) is 23.4 Å². The number of allylic oxidation sites excluding steroid dienone is 3. The summed E-state index contributed by atoms with van der Waals surface area (Å²) in [5.41, 5.74) is 1.44. The van der Waals surface area contributed by atoms with Gasteiger partial charge < -0.3 is 15.1 Å². The van der Waals surface area contributed by atoms with Crippen LogP contribution < -0.4 is 5.32 Å². The third-order valence-electron chi connectivity index (χ3n) is 7.09. The van der Waals surface area contributed by atoms with Crippen molar-refractivity contribution in [2.24, 2.45) is 5.41 Å². The maximum Gasteiger partial charge on any atom is 0.238 e. The predicted octanol–water partition coefficient (Wildman–Crippen LogP) is 4.01. The molecule has 162 valence electrons. The Morgan fingerprint density at radius 1 is 1.17 bits per heavy atom. The summed E-state index contributed by atoms with van der Waals surface area (Å²) in [6.07, 6.45) is 13.6. The zero-order valence-corrected chi connectivity index (χ0v) is 18.8. The molecule has 0 spiro atoms. The Hall–Kier alpha value is -1.62. The van der Waals surface area contributed by atoms with Crippen LogP contribution in [0.25, 0.3) is 0 Å². The standard InChI is InChI=1S/C24H39N3O2/c1-5-9-18(10-6-2)26-15-13-19(14-16-26)27-21-12-8-7-11-20(21)24(3,23(27)29)17-22(28)25-4/h11-12,18-19H,5-10,13-17H2,1-4H3,(H,25,28). The zero-order chi connectivity index (χ0) is 21.0. The highest BCUT2D eigenvalue weighted by Gasteiger charge is 2.53. The van der Waals surface area contributed by atoms with Crippen molar-refractivity contribution in [3.8, 4) is 0 Å². The van der Waals surface area contributed by atoms with E-state index in [1.807, 2.05) is 6.92 Å². The number of likely N-dealkylation sites (tertiary alicyclic amines) is 2. The lowest BCUT2D eigenvalue weighted by Gasteiger charge is -2.41. The van der Waals surface area contributed by atoms with E-state index in [-0.39, 0.29) is 24.3 Å². The normalized spacial score (nSPS) is 25.8. The Morgan fingerprint density at radius 2 is 1.79 bits per heavy atom. The third kappa shape index (κ3) is 4.30. The molecule has 0 saturated carbocycles. The second-order valence-electron chi connectivity index (χ2n) is 9.14. The van der Waals surface area contributed by atoms with Gasteiger partial charge in [0.05, 0.1) is 5.41 Å². The minimum Gasteiger partial charge on any atom is -0.359 e. The molecule has 2 saturated heterocycles. The quantitative estimate of drug-likeness (QED) is 0.669. The Morgan fingerprint density at radius 3 is 2.38 bits per heavy atom. The van der Waals surface area contributed by atoms with Crippen molar-refractivity contribution in [3.05, 3.63) is 23.4 Å². The summed E-state index contributed by atoms with van der Waals surface area (Å²) in [5, 5.41) is 2.71. The first-order chi connectivity index (χ1) is 14.0. The molecule has 29 heavy (non-hydrogen) atoms. The van der Waals surface area contributed by atoms with Crippen LogP contribution in [0.4, 0.5) is 0 Å². The van der Waals surface area contributed by atoms with Crippen LogP contribution in [0.5, 0.6) is 0 Å². The number of amides is 2. The van der Waals surface area contributed by atoms with Gasteiger partial charge >= 0.3 is 0 Å². The maximum absolute atomic E-state index is 13.6. The number of carbonyl (C=O) groups is 2. The van der Waals surface area contributed by atoms with Crippen LogP contribution in [0.3, 0.4) is 0 Å². The molecule has 1 aliphatic carbocycles. The van der Waals surface area contributed by atoms with Gasteiger partial charge in [0.1, 0.15) is 0 Å². The first-order valence-corrected chi connectivity index (χ1v) is 11.7. The van der Waals surface area contributed by atoms with Gasteiger partial charge in [0.15, 0.2) is 0 Å². The molecule has 1 atom stereocenters. The molecule has 5 heteroatoms. The van der Waals surface area contributed by atoms with E-state index in [1.54, 1.807) is 7.05 Å².